The van der Waals surface area contributed by atoms with Crippen molar-refractivity contribution in [2.75, 3.05) is 99.5 Å². The molecule has 0 unspecified atom stereocenters. The first-order chi connectivity index (χ1) is 41.0. The molecule has 2 fully saturated rings. The molecule has 6 aromatic heterocycles. The van der Waals surface area contributed by atoms with Crippen molar-refractivity contribution >= 4 is 90.9 Å². The second-order valence-electron chi connectivity index (χ2n) is 20.4. The predicted octanol–water partition coefficient (Wildman–Crippen LogP) is 5.90. The van der Waals surface area contributed by atoms with E-state index in [1.54, 1.807) is 28.1 Å². The Labute approximate surface area is 481 Å². The van der Waals surface area contributed by atoms with Crippen LogP contribution >= 0.6 is 0 Å². The first-order valence-corrected chi connectivity index (χ1v) is 27.4. The topological polar surface area (TPSA) is 278 Å². The van der Waals surface area contributed by atoms with Gasteiger partial charge in [-0.2, -0.15) is 0 Å². The van der Waals surface area contributed by atoms with Crippen molar-refractivity contribution in [3.8, 4) is 23.0 Å². The van der Waals surface area contributed by atoms with E-state index in [-0.39, 0.29) is 18.4 Å². The molecule has 10 aromatic rings. The molecule has 2 amide bonds. The van der Waals surface area contributed by atoms with Crippen molar-refractivity contribution in [3.63, 3.8) is 0 Å². The van der Waals surface area contributed by atoms with Crippen molar-refractivity contribution in [1.29, 1.82) is 0 Å². The fourth-order valence-corrected chi connectivity index (χ4v) is 9.96. The van der Waals surface area contributed by atoms with E-state index in [1.165, 1.54) is 24.8 Å². The lowest BCUT2D eigenvalue weighted by atomic mass is 10.2. The summed E-state index contributed by atoms with van der Waals surface area (Å²) in [5.74, 6) is 4.65. The number of benzene rings is 4. The number of ether oxygens (including phenoxy) is 2. The predicted molar refractivity (Wildman–Crippen MR) is 316 cm³/mol. The minimum atomic E-state index is -0.179. The summed E-state index contributed by atoms with van der Waals surface area (Å²) in [6, 6.07) is 23.1. The molecule has 0 spiro atoms. The Morgan fingerprint density at radius 3 is 1.65 bits per heavy atom. The Balaban J connectivity index is 0.596. The highest BCUT2D eigenvalue weighted by molar-refractivity contribution is 5.90. The number of rotatable bonds is 18. The van der Waals surface area contributed by atoms with Crippen molar-refractivity contribution in [1.82, 2.24) is 84.6 Å². The molecule has 426 valence electrons. The number of likely N-dealkylation sites (N-methyl/N-ethyl adjacent to an activating group) is 1. The lowest BCUT2D eigenvalue weighted by molar-refractivity contribution is -0.127. The number of aryl methyl sites for hydroxylation is 3. The van der Waals surface area contributed by atoms with Crippen LogP contribution in [0.25, 0.3) is 44.1 Å². The van der Waals surface area contributed by atoms with Crippen LogP contribution in [-0.2, 0) is 23.2 Å². The second kappa shape index (κ2) is 24.0. The number of carbonyl (C=O) groups is 2. The van der Waals surface area contributed by atoms with Gasteiger partial charge in [0.05, 0.1) is 36.6 Å². The van der Waals surface area contributed by atoms with Crippen LogP contribution in [0.1, 0.15) is 11.1 Å². The molecule has 0 saturated carbocycles. The average Bonchev–Trinajstić information content (AvgIpc) is 4.24. The molecule has 84 heavy (non-hydrogen) atoms. The zero-order valence-electron chi connectivity index (χ0n) is 46.6. The SMILES string of the molecule is Cc1cc(Nc2ncnc3cnc(N4CCN(C(=O)/C=C/CN(C)CCn5nnc6cc(Oc7ccc(Nc8ncnc9cnc(N%10CCN(C(=O)/C=C/CO)CC%10)nc89)cc7C)ccc65)CC4)nc23)ccc1Oc1ccc2c(c1)nnn2C. The van der Waals surface area contributed by atoms with Crippen LogP contribution in [0.2, 0.25) is 0 Å². The zero-order chi connectivity index (χ0) is 57.7. The van der Waals surface area contributed by atoms with E-state index in [1.807, 2.05) is 121 Å². The third-order valence-electron chi connectivity index (χ3n) is 14.6. The summed E-state index contributed by atoms with van der Waals surface area (Å²) >= 11 is 0. The molecule has 2 aliphatic heterocycles. The van der Waals surface area contributed by atoms with Crippen molar-refractivity contribution in [2.45, 2.75) is 20.4 Å². The fourth-order valence-electron chi connectivity index (χ4n) is 9.96. The van der Waals surface area contributed by atoms with Gasteiger partial charge in [-0.25, -0.2) is 49.2 Å². The molecule has 0 bridgehead atoms. The highest BCUT2D eigenvalue weighted by Crippen LogP contribution is 2.33. The number of aromatic nitrogens is 14. The standard InChI is InChI=1S/C58H59N21O5/c1-37-29-39(9-15-49(37)83-41-11-13-47-43(31-41)69-71-74(47)4)65-55-53-45(61-35-63-55)33-59-57(67-53)77-23-19-75(20-24-77)51(81)7-5-17-73(3)18-27-79-48-14-12-42(32-44(48)70-72-79)84-50-16-10-40(30-38(50)2)66-56-54-46(62-36-64-56)34-60-58(68-54)78-25-21-76(22-26-78)52(82)8-6-28-80/h5-16,29-36,80H,17-28H2,1-4H3,(H,61,63,65)(H,62,64,66)/b7-5+,8-6+. The van der Waals surface area contributed by atoms with Crippen LogP contribution in [0.3, 0.4) is 0 Å². The summed E-state index contributed by atoms with van der Waals surface area (Å²) in [6.07, 6.45) is 12.7. The van der Waals surface area contributed by atoms with Crippen molar-refractivity contribution in [3.05, 3.63) is 133 Å². The van der Waals surface area contributed by atoms with E-state index in [0.717, 1.165) is 39.1 Å². The molecule has 2 aliphatic rings. The van der Waals surface area contributed by atoms with Crippen LogP contribution < -0.4 is 29.9 Å². The van der Waals surface area contributed by atoms with Gasteiger partial charge >= 0.3 is 0 Å². The Morgan fingerprint density at radius 2 is 1.12 bits per heavy atom. The van der Waals surface area contributed by atoms with E-state index < -0.39 is 0 Å². The number of anilines is 6. The third kappa shape index (κ3) is 12.0. The molecule has 2 saturated heterocycles. The molecule has 26 nitrogen and oxygen atoms in total. The Kier molecular flexibility index (Phi) is 15.5. The maximum absolute atomic E-state index is 13.3. The van der Waals surface area contributed by atoms with Crippen LogP contribution in [-0.4, -0.2) is 181 Å². The van der Waals surface area contributed by atoms with Crippen molar-refractivity contribution < 1.29 is 24.2 Å². The second-order valence-corrected chi connectivity index (χ2v) is 20.4. The maximum Gasteiger partial charge on any atom is 0.246 e. The van der Waals surface area contributed by atoms with Gasteiger partial charge in [-0.05, 0) is 92.7 Å². The van der Waals surface area contributed by atoms with E-state index in [2.05, 4.69) is 71.0 Å². The zero-order valence-corrected chi connectivity index (χ0v) is 46.6. The summed E-state index contributed by atoms with van der Waals surface area (Å²) < 4.78 is 16.2. The van der Waals surface area contributed by atoms with Gasteiger partial charge in [0.2, 0.25) is 23.7 Å². The van der Waals surface area contributed by atoms with Crippen molar-refractivity contribution in [2.24, 2.45) is 7.05 Å². The number of piperazine rings is 2. The molecule has 12 rings (SSSR count). The lowest BCUT2D eigenvalue weighted by Gasteiger charge is -2.34. The minimum Gasteiger partial charge on any atom is -0.457 e. The summed E-state index contributed by atoms with van der Waals surface area (Å²) in [5.41, 5.74) is 9.02. The average molecular weight is 1130 g/mol. The quantitative estimate of drug-likeness (QED) is 0.0843. The van der Waals surface area contributed by atoms with Crippen LogP contribution in [0.5, 0.6) is 23.0 Å². The maximum atomic E-state index is 13.3. The van der Waals surface area contributed by atoms with Gasteiger partial charge in [0, 0.05) is 108 Å². The van der Waals surface area contributed by atoms with Crippen LogP contribution in [0.15, 0.2) is 122 Å². The highest BCUT2D eigenvalue weighted by atomic mass is 16.5. The first-order valence-electron chi connectivity index (χ1n) is 27.4. The molecule has 0 radical (unpaired) electrons. The molecule has 8 heterocycles. The smallest absolute Gasteiger partial charge is 0.246 e. The highest BCUT2D eigenvalue weighted by Gasteiger charge is 2.25. The van der Waals surface area contributed by atoms with Gasteiger partial charge in [0.25, 0.3) is 0 Å². The normalized spacial score (nSPS) is 14.1. The summed E-state index contributed by atoms with van der Waals surface area (Å²) in [5, 5.41) is 33.0. The monoisotopic (exact) mass is 1130 g/mol. The number of hydrogen-bond acceptors (Lipinski definition) is 22. The molecule has 3 N–H and O–H groups in total. The van der Waals surface area contributed by atoms with Gasteiger partial charge in [-0.15, -0.1) is 10.2 Å². The molecular weight excluding hydrogens is 1070 g/mol. The fraction of sp³-hybridized carbons (Fsp3) is 0.276. The van der Waals surface area contributed by atoms with E-state index in [4.69, 9.17) is 24.5 Å². The third-order valence-corrected chi connectivity index (χ3v) is 14.6. The molecule has 0 atom stereocenters. The number of nitrogens with zero attached hydrogens (tertiary/aromatic N) is 19. The molecule has 4 aromatic carbocycles. The van der Waals surface area contributed by atoms with Gasteiger partial charge < -0.3 is 49.7 Å². The Morgan fingerprint density at radius 1 is 0.607 bits per heavy atom. The van der Waals surface area contributed by atoms with E-state index in [0.29, 0.717) is 146 Å². The molecule has 26 heteroatoms. The van der Waals surface area contributed by atoms with Gasteiger partial charge in [-0.3, -0.25) is 9.59 Å². The number of carbonyl (C=O) groups excluding carboxylic acids is 2. The number of aliphatic hydroxyl groups excluding tert-OH is 1. The van der Waals surface area contributed by atoms with Gasteiger partial charge in [-0.1, -0.05) is 22.6 Å². The van der Waals surface area contributed by atoms with E-state index >= 15 is 0 Å². The number of fused-ring (bicyclic) bond motifs is 4. The summed E-state index contributed by atoms with van der Waals surface area (Å²) in [7, 11) is 3.86. The number of hydrogen-bond donors (Lipinski definition) is 3. The number of nitrogens with one attached hydrogen (secondary N) is 2. The largest absolute Gasteiger partial charge is 0.457 e. The number of aliphatic hydroxyl groups is 1. The first kappa shape index (κ1) is 54.3. The molecular formula is C58H59N21O5. The summed E-state index contributed by atoms with van der Waals surface area (Å²) in [4.78, 5) is 72.3. The van der Waals surface area contributed by atoms with Crippen LogP contribution in [0.4, 0.5) is 34.9 Å². The Bertz CT molecular complexity index is 4130. The minimum absolute atomic E-state index is 0.0435. The summed E-state index contributed by atoms with van der Waals surface area (Å²) in [6.45, 7) is 9.93. The van der Waals surface area contributed by atoms with Crippen LogP contribution in [0, 0.1) is 13.8 Å². The van der Waals surface area contributed by atoms with Gasteiger partial charge in [0.15, 0.2) is 11.6 Å². The molecule has 0 aliphatic carbocycles. The lowest BCUT2D eigenvalue weighted by Crippen LogP contribution is -2.48. The Hall–Kier alpha value is -10.3. The van der Waals surface area contributed by atoms with Gasteiger partial charge in [0.1, 0.15) is 68.8 Å². The number of amides is 2. The van der Waals surface area contributed by atoms with E-state index in [9.17, 15) is 9.59 Å².